The number of hydrogen-bond acceptors (Lipinski definition) is 3. The molecule has 0 radical (unpaired) electrons. The highest BCUT2D eigenvalue weighted by molar-refractivity contribution is 5.69. The van der Waals surface area contributed by atoms with Crippen LogP contribution in [-0.4, -0.2) is 34.5 Å². The number of aliphatic hydroxyl groups excluding tert-OH is 1. The van der Waals surface area contributed by atoms with Gasteiger partial charge in [-0.2, -0.15) is 0 Å². The van der Waals surface area contributed by atoms with E-state index in [4.69, 9.17) is 9.84 Å². The van der Waals surface area contributed by atoms with E-state index >= 15 is 0 Å². The van der Waals surface area contributed by atoms with Gasteiger partial charge in [0.05, 0.1) is 18.1 Å². The molecule has 4 unspecified atom stereocenters. The van der Waals surface area contributed by atoms with Crippen molar-refractivity contribution >= 4 is 5.97 Å². The lowest BCUT2D eigenvalue weighted by Crippen LogP contribution is -2.08. The third kappa shape index (κ3) is 9.77. The number of aliphatic hydroxyl groups is 1. The van der Waals surface area contributed by atoms with Gasteiger partial charge < -0.3 is 14.9 Å². The van der Waals surface area contributed by atoms with Gasteiger partial charge in [0.15, 0.2) is 0 Å². The van der Waals surface area contributed by atoms with Crippen LogP contribution in [0.3, 0.4) is 0 Å². The van der Waals surface area contributed by atoms with E-state index in [-0.39, 0.29) is 18.1 Å². The van der Waals surface area contributed by atoms with Crippen LogP contribution in [-0.2, 0) is 9.53 Å². The number of ether oxygens (including phenoxy) is 1. The Balaban J connectivity index is 1.95. The molecule has 4 atom stereocenters. The fourth-order valence-electron chi connectivity index (χ4n) is 2.77. The molecular formula is C19H34O4. The predicted octanol–water partition coefficient (Wildman–Crippen LogP) is 4.31. The van der Waals surface area contributed by atoms with E-state index in [2.05, 4.69) is 6.92 Å². The highest BCUT2D eigenvalue weighted by atomic mass is 16.6. The van der Waals surface area contributed by atoms with Gasteiger partial charge in [0.25, 0.3) is 0 Å². The van der Waals surface area contributed by atoms with Crippen LogP contribution < -0.4 is 0 Å². The van der Waals surface area contributed by atoms with Crippen LogP contribution in [0.15, 0.2) is 12.2 Å². The summed E-state index contributed by atoms with van der Waals surface area (Å²) in [7, 11) is 0. The van der Waals surface area contributed by atoms with E-state index in [0.717, 1.165) is 44.9 Å². The first-order chi connectivity index (χ1) is 11.0. The highest BCUT2D eigenvalue weighted by Gasteiger charge is 2.35. The minimum Gasteiger partial charge on any atom is -0.481 e. The second-order valence-electron chi connectivity index (χ2n) is 6.82. The molecule has 1 fully saturated rings. The number of hydrogen-bond donors (Lipinski definition) is 2. The topological polar surface area (TPSA) is 70.1 Å². The van der Waals surface area contributed by atoms with E-state index in [9.17, 15) is 9.90 Å². The Labute approximate surface area is 140 Å². The highest BCUT2D eigenvalue weighted by Crippen LogP contribution is 2.28. The van der Waals surface area contributed by atoms with Gasteiger partial charge >= 0.3 is 5.97 Å². The molecule has 1 saturated heterocycles. The van der Waals surface area contributed by atoms with Crippen LogP contribution in [0.2, 0.25) is 0 Å². The monoisotopic (exact) mass is 326 g/mol. The number of unbranched alkanes of at least 4 members (excludes halogenated alkanes) is 5. The van der Waals surface area contributed by atoms with Crippen molar-refractivity contribution in [3.05, 3.63) is 12.2 Å². The summed E-state index contributed by atoms with van der Waals surface area (Å²) < 4.78 is 5.57. The summed E-state index contributed by atoms with van der Waals surface area (Å²) in [6.45, 7) is 3.96. The van der Waals surface area contributed by atoms with Crippen molar-refractivity contribution in [2.24, 2.45) is 5.92 Å². The lowest BCUT2D eigenvalue weighted by Gasteiger charge is -2.07. The Morgan fingerprint density at radius 3 is 2.48 bits per heavy atom. The molecule has 134 valence electrons. The molecule has 1 heterocycles. The fraction of sp³-hybridized carbons (Fsp3) is 0.842. The minimum absolute atomic E-state index is 0.221. The van der Waals surface area contributed by atoms with Crippen LogP contribution in [0.5, 0.6) is 0 Å². The van der Waals surface area contributed by atoms with Crippen molar-refractivity contribution in [3.63, 3.8) is 0 Å². The largest absolute Gasteiger partial charge is 0.481 e. The number of carbonyl (C=O) groups is 1. The lowest BCUT2D eigenvalue weighted by molar-refractivity contribution is -0.141. The third-order valence-corrected chi connectivity index (χ3v) is 4.55. The molecule has 1 aliphatic rings. The van der Waals surface area contributed by atoms with Crippen LogP contribution in [0, 0.1) is 5.92 Å². The van der Waals surface area contributed by atoms with Crippen LogP contribution in [0.4, 0.5) is 0 Å². The molecule has 0 aromatic heterocycles. The molecule has 0 amide bonds. The van der Waals surface area contributed by atoms with Gasteiger partial charge in [0, 0.05) is 0 Å². The molecule has 0 aliphatic carbocycles. The quantitative estimate of drug-likeness (QED) is 0.283. The van der Waals surface area contributed by atoms with E-state index in [1.165, 1.54) is 19.3 Å². The van der Waals surface area contributed by atoms with Crippen molar-refractivity contribution in [2.45, 2.75) is 96.4 Å². The average molecular weight is 326 g/mol. The molecule has 0 bridgehead atoms. The molecule has 4 heteroatoms. The van der Waals surface area contributed by atoms with E-state index in [1.54, 1.807) is 6.92 Å². The number of carboxylic acids is 1. The summed E-state index contributed by atoms with van der Waals surface area (Å²) in [5.74, 6) is -0.951. The zero-order valence-electron chi connectivity index (χ0n) is 14.7. The molecule has 2 N–H and O–H groups in total. The number of aliphatic carboxylic acids is 1. The number of epoxide rings is 1. The average Bonchev–Trinajstić information content (AvgIpc) is 3.27. The second kappa shape index (κ2) is 11.6. The lowest BCUT2D eigenvalue weighted by atomic mass is 10.0. The maximum Gasteiger partial charge on any atom is 0.306 e. The Morgan fingerprint density at radius 2 is 1.83 bits per heavy atom. The first-order valence-electron chi connectivity index (χ1n) is 9.29. The minimum atomic E-state index is -0.708. The smallest absolute Gasteiger partial charge is 0.306 e. The summed E-state index contributed by atoms with van der Waals surface area (Å²) in [4.78, 5) is 10.7. The second-order valence-corrected chi connectivity index (χ2v) is 6.82. The van der Waals surface area contributed by atoms with Crippen LogP contribution >= 0.6 is 0 Å². The number of carboxylic acid groups (broad SMARTS) is 1. The first kappa shape index (κ1) is 20.2. The molecule has 0 spiro atoms. The fourth-order valence-corrected chi connectivity index (χ4v) is 2.77. The van der Waals surface area contributed by atoms with Gasteiger partial charge in [0.1, 0.15) is 6.10 Å². The molecule has 0 aromatic rings. The van der Waals surface area contributed by atoms with Gasteiger partial charge in [-0.15, -0.1) is 0 Å². The zero-order chi connectivity index (χ0) is 17.1. The molecule has 0 saturated carbocycles. The summed E-state index contributed by atoms with van der Waals surface area (Å²) in [6.07, 6.45) is 14.5. The normalized spacial score (nSPS) is 23.1. The van der Waals surface area contributed by atoms with Gasteiger partial charge in [0.2, 0.25) is 0 Å². The Kier molecular flexibility index (Phi) is 10.2. The predicted molar refractivity (Wildman–Crippen MR) is 92.5 cm³/mol. The molecule has 1 rings (SSSR count). The Hall–Kier alpha value is -0.870. The van der Waals surface area contributed by atoms with Crippen LogP contribution in [0.25, 0.3) is 0 Å². The van der Waals surface area contributed by atoms with E-state index < -0.39 is 5.97 Å². The van der Waals surface area contributed by atoms with Gasteiger partial charge in [-0.05, 0) is 19.3 Å². The Morgan fingerprint density at radius 1 is 1.13 bits per heavy atom. The van der Waals surface area contributed by atoms with Gasteiger partial charge in [-0.1, -0.05) is 70.9 Å². The maximum atomic E-state index is 10.7. The third-order valence-electron chi connectivity index (χ3n) is 4.55. The maximum absolute atomic E-state index is 10.7. The molecule has 1 aliphatic heterocycles. The molecule has 0 aromatic carbocycles. The Bertz CT molecular complexity index is 353. The van der Waals surface area contributed by atoms with Gasteiger partial charge in [-0.25, -0.2) is 0 Å². The zero-order valence-corrected chi connectivity index (χ0v) is 14.7. The molecule has 23 heavy (non-hydrogen) atoms. The van der Waals surface area contributed by atoms with Crippen molar-refractivity contribution < 1.29 is 19.7 Å². The number of rotatable bonds is 14. The van der Waals surface area contributed by atoms with Crippen molar-refractivity contribution in [1.29, 1.82) is 0 Å². The van der Waals surface area contributed by atoms with Crippen molar-refractivity contribution in [3.8, 4) is 0 Å². The van der Waals surface area contributed by atoms with E-state index in [0.29, 0.717) is 6.10 Å². The van der Waals surface area contributed by atoms with E-state index in [1.807, 2.05) is 12.2 Å². The summed E-state index contributed by atoms with van der Waals surface area (Å²) in [5, 5.41) is 18.7. The molecule has 4 nitrogen and oxygen atoms in total. The van der Waals surface area contributed by atoms with Crippen molar-refractivity contribution in [2.75, 3.05) is 0 Å². The molecular weight excluding hydrogens is 292 g/mol. The van der Waals surface area contributed by atoms with Gasteiger partial charge in [-0.3, -0.25) is 4.79 Å². The summed E-state index contributed by atoms with van der Waals surface area (Å²) >= 11 is 0. The van der Waals surface area contributed by atoms with Crippen molar-refractivity contribution in [1.82, 2.24) is 0 Å². The standard InChI is InChI=1S/C19H34O4/c1-3-4-7-12-17-18(23-17)14-13-16(20)11-9-6-5-8-10-15(2)19(21)22/h13-18,20H,3-12H2,1-2H3,(H,21,22)/b14-13+. The SMILES string of the molecule is CCCCCC1OC1/C=C/C(O)CCCCCCC(C)C(=O)O. The first-order valence-corrected chi connectivity index (χ1v) is 9.29. The summed E-state index contributed by atoms with van der Waals surface area (Å²) in [5.41, 5.74) is 0. The summed E-state index contributed by atoms with van der Waals surface area (Å²) in [6, 6.07) is 0. The van der Waals surface area contributed by atoms with Crippen LogP contribution in [0.1, 0.15) is 78.1 Å².